The summed E-state index contributed by atoms with van der Waals surface area (Å²) >= 11 is 3.58. The predicted octanol–water partition coefficient (Wildman–Crippen LogP) is 4.06. The van der Waals surface area contributed by atoms with Crippen LogP contribution in [-0.2, 0) is 13.0 Å². The molecule has 110 valence electrons. The van der Waals surface area contributed by atoms with Crippen molar-refractivity contribution in [3.8, 4) is 5.75 Å². The molecule has 0 spiro atoms. The van der Waals surface area contributed by atoms with Gasteiger partial charge in [0.15, 0.2) is 0 Å². The molecule has 2 aromatic carbocycles. The van der Waals surface area contributed by atoms with Gasteiger partial charge < -0.3 is 15.0 Å². The molecule has 0 atom stereocenters. The van der Waals surface area contributed by atoms with Gasteiger partial charge in [0.1, 0.15) is 5.75 Å². The Hall–Kier alpha value is -1.68. The maximum Gasteiger partial charge on any atom is 0.127 e. The minimum atomic E-state index is 0.767. The molecule has 4 heteroatoms. The van der Waals surface area contributed by atoms with E-state index in [2.05, 4.69) is 62.5 Å². The van der Waals surface area contributed by atoms with Crippen molar-refractivity contribution in [2.75, 3.05) is 30.9 Å². The molecule has 1 aliphatic rings. The highest BCUT2D eigenvalue weighted by molar-refractivity contribution is 9.10. The van der Waals surface area contributed by atoms with E-state index in [4.69, 9.17) is 4.74 Å². The van der Waals surface area contributed by atoms with Crippen molar-refractivity contribution in [1.29, 1.82) is 0 Å². The van der Waals surface area contributed by atoms with Crippen molar-refractivity contribution >= 4 is 27.3 Å². The summed E-state index contributed by atoms with van der Waals surface area (Å²) in [5.41, 5.74) is 4.82. The van der Waals surface area contributed by atoms with E-state index >= 15 is 0 Å². The number of benzene rings is 2. The monoisotopic (exact) mass is 346 g/mol. The predicted molar refractivity (Wildman–Crippen MR) is 91.4 cm³/mol. The topological polar surface area (TPSA) is 24.5 Å². The molecule has 3 rings (SSSR count). The smallest absolute Gasteiger partial charge is 0.127 e. The average Bonchev–Trinajstić information content (AvgIpc) is 2.93. The van der Waals surface area contributed by atoms with Crippen LogP contribution in [-0.4, -0.2) is 20.7 Å². The third kappa shape index (κ3) is 3.16. The first kappa shape index (κ1) is 14.3. The third-order valence-corrected chi connectivity index (χ3v) is 4.15. The van der Waals surface area contributed by atoms with Gasteiger partial charge in [-0.1, -0.05) is 15.9 Å². The first-order valence-electron chi connectivity index (χ1n) is 7.09. The van der Waals surface area contributed by atoms with Crippen LogP contribution in [0.2, 0.25) is 0 Å². The molecule has 2 aromatic rings. The van der Waals surface area contributed by atoms with Crippen molar-refractivity contribution in [3.63, 3.8) is 0 Å². The maximum atomic E-state index is 5.76. The molecule has 0 radical (unpaired) electrons. The molecule has 0 aromatic heterocycles. The molecule has 21 heavy (non-hydrogen) atoms. The second-order valence-corrected chi connectivity index (χ2v) is 6.36. The number of hydrogen-bond donors (Lipinski definition) is 1. The van der Waals surface area contributed by atoms with Crippen molar-refractivity contribution < 1.29 is 4.74 Å². The lowest BCUT2D eigenvalue weighted by Gasteiger charge is -2.14. The Bertz CT molecular complexity index is 638. The zero-order chi connectivity index (χ0) is 14.8. The van der Waals surface area contributed by atoms with Gasteiger partial charge in [0.05, 0.1) is 6.61 Å². The highest BCUT2D eigenvalue weighted by Crippen LogP contribution is 2.33. The Labute approximate surface area is 134 Å². The number of rotatable bonds is 4. The fraction of sp³-hybridized carbons (Fsp3) is 0.294. The van der Waals surface area contributed by atoms with Crippen molar-refractivity contribution in [3.05, 3.63) is 52.0 Å². The van der Waals surface area contributed by atoms with E-state index < -0.39 is 0 Å². The SMILES string of the molecule is CN(C)c1ccc(NCc2cc(Br)cc3c2OCC3)cc1. The fourth-order valence-electron chi connectivity index (χ4n) is 2.55. The van der Waals surface area contributed by atoms with Gasteiger partial charge in [0, 0.05) is 48.5 Å². The second-order valence-electron chi connectivity index (χ2n) is 5.45. The van der Waals surface area contributed by atoms with Crippen LogP contribution in [0.25, 0.3) is 0 Å². The molecular formula is C17H19BrN2O. The molecule has 3 nitrogen and oxygen atoms in total. The van der Waals surface area contributed by atoms with Gasteiger partial charge in [-0.2, -0.15) is 0 Å². The summed E-state index contributed by atoms with van der Waals surface area (Å²) in [6.45, 7) is 1.55. The number of halogens is 1. The highest BCUT2D eigenvalue weighted by Gasteiger charge is 2.17. The van der Waals surface area contributed by atoms with E-state index in [0.717, 1.165) is 35.5 Å². The Kier molecular flexibility index (Phi) is 4.06. The van der Waals surface area contributed by atoms with E-state index in [0.29, 0.717) is 0 Å². The summed E-state index contributed by atoms with van der Waals surface area (Å²) < 4.78 is 6.87. The van der Waals surface area contributed by atoms with Crippen LogP contribution in [0.1, 0.15) is 11.1 Å². The Morgan fingerprint density at radius 2 is 1.95 bits per heavy atom. The van der Waals surface area contributed by atoms with E-state index in [9.17, 15) is 0 Å². The summed E-state index contributed by atoms with van der Waals surface area (Å²) in [5.74, 6) is 1.05. The van der Waals surface area contributed by atoms with E-state index in [1.165, 1.54) is 16.8 Å². The first-order valence-corrected chi connectivity index (χ1v) is 7.88. The lowest BCUT2D eigenvalue weighted by Crippen LogP contribution is -2.08. The zero-order valence-corrected chi connectivity index (χ0v) is 13.9. The summed E-state index contributed by atoms with van der Waals surface area (Å²) in [4.78, 5) is 2.10. The number of nitrogens with one attached hydrogen (secondary N) is 1. The molecular weight excluding hydrogens is 328 g/mol. The molecule has 0 saturated carbocycles. The molecule has 0 aliphatic carbocycles. The average molecular weight is 347 g/mol. The van der Waals surface area contributed by atoms with Gasteiger partial charge in [0.25, 0.3) is 0 Å². The van der Waals surface area contributed by atoms with Crippen LogP contribution in [0, 0.1) is 0 Å². The summed E-state index contributed by atoms with van der Waals surface area (Å²) in [5, 5.41) is 3.46. The molecule has 1 N–H and O–H groups in total. The van der Waals surface area contributed by atoms with E-state index in [1.54, 1.807) is 0 Å². The van der Waals surface area contributed by atoms with Gasteiger partial charge in [-0.3, -0.25) is 0 Å². The van der Waals surface area contributed by atoms with Gasteiger partial charge >= 0.3 is 0 Å². The number of ether oxygens (including phenoxy) is 1. The molecule has 0 unspecified atom stereocenters. The van der Waals surface area contributed by atoms with Crippen LogP contribution in [0.4, 0.5) is 11.4 Å². The zero-order valence-electron chi connectivity index (χ0n) is 12.3. The number of hydrogen-bond acceptors (Lipinski definition) is 3. The molecule has 0 saturated heterocycles. The number of nitrogens with zero attached hydrogens (tertiary/aromatic N) is 1. The summed E-state index contributed by atoms with van der Waals surface area (Å²) in [6.07, 6.45) is 0.999. The second kappa shape index (κ2) is 5.98. The van der Waals surface area contributed by atoms with Gasteiger partial charge in [-0.15, -0.1) is 0 Å². The van der Waals surface area contributed by atoms with Gasteiger partial charge in [-0.05, 0) is 42.0 Å². The minimum absolute atomic E-state index is 0.767. The fourth-order valence-corrected chi connectivity index (χ4v) is 3.10. The Morgan fingerprint density at radius 1 is 1.19 bits per heavy atom. The molecule has 0 fully saturated rings. The Balaban J connectivity index is 1.73. The molecule has 0 amide bonds. The maximum absolute atomic E-state index is 5.76. The third-order valence-electron chi connectivity index (χ3n) is 3.69. The normalized spacial score (nSPS) is 12.7. The van der Waals surface area contributed by atoms with Gasteiger partial charge in [0.2, 0.25) is 0 Å². The van der Waals surface area contributed by atoms with Crippen molar-refractivity contribution in [2.45, 2.75) is 13.0 Å². The molecule has 1 aliphatic heterocycles. The largest absolute Gasteiger partial charge is 0.493 e. The van der Waals surface area contributed by atoms with Crippen LogP contribution in [0.3, 0.4) is 0 Å². The van der Waals surface area contributed by atoms with E-state index in [-0.39, 0.29) is 0 Å². The Morgan fingerprint density at radius 3 is 2.67 bits per heavy atom. The summed E-state index contributed by atoms with van der Waals surface area (Å²) in [6, 6.07) is 12.7. The van der Waals surface area contributed by atoms with Crippen LogP contribution < -0.4 is 15.0 Å². The number of fused-ring (bicyclic) bond motifs is 1. The lowest BCUT2D eigenvalue weighted by atomic mass is 10.1. The lowest BCUT2D eigenvalue weighted by molar-refractivity contribution is 0.354. The van der Waals surface area contributed by atoms with Crippen LogP contribution in [0.15, 0.2) is 40.9 Å². The van der Waals surface area contributed by atoms with Gasteiger partial charge in [-0.25, -0.2) is 0 Å². The number of anilines is 2. The highest BCUT2D eigenvalue weighted by atomic mass is 79.9. The van der Waals surface area contributed by atoms with Crippen LogP contribution in [0.5, 0.6) is 5.75 Å². The quantitative estimate of drug-likeness (QED) is 0.903. The van der Waals surface area contributed by atoms with Crippen LogP contribution >= 0.6 is 15.9 Å². The van der Waals surface area contributed by atoms with E-state index in [1.807, 2.05) is 14.1 Å². The van der Waals surface area contributed by atoms with Crippen molar-refractivity contribution in [2.24, 2.45) is 0 Å². The van der Waals surface area contributed by atoms with Crippen molar-refractivity contribution in [1.82, 2.24) is 0 Å². The molecule has 1 heterocycles. The first-order chi connectivity index (χ1) is 10.1. The summed E-state index contributed by atoms with van der Waals surface area (Å²) in [7, 11) is 4.09. The minimum Gasteiger partial charge on any atom is -0.493 e. The standard InChI is InChI=1S/C17H19BrN2O/c1-20(2)16-5-3-15(4-6-16)19-11-13-10-14(18)9-12-7-8-21-17(12)13/h3-6,9-10,19H,7-8,11H2,1-2H3. The molecule has 0 bridgehead atoms.